The molecule has 5 heteroatoms. The van der Waals surface area contributed by atoms with Crippen molar-refractivity contribution in [3.05, 3.63) is 22.5 Å². The van der Waals surface area contributed by atoms with Crippen LogP contribution in [0.4, 0.5) is 0 Å². The second-order valence-corrected chi connectivity index (χ2v) is 4.81. The molecule has 0 amide bonds. The van der Waals surface area contributed by atoms with Crippen LogP contribution in [0.5, 0.6) is 0 Å². The van der Waals surface area contributed by atoms with Crippen molar-refractivity contribution in [3.8, 4) is 0 Å². The number of carbonyl (C=O) groups is 2. The number of aromatic nitrogens is 1. The van der Waals surface area contributed by atoms with Gasteiger partial charge in [0.1, 0.15) is 0 Å². The van der Waals surface area contributed by atoms with E-state index in [1.165, 1.54) is 0 Å². The van der Waals surface area contributed by atoms with E-state index in [1.807, 2.05) is 11.5 Å². The summed E-state index contributed by atoms with van der Waals surface area (Å²) in [6, 6.07) is 0. The zero-order chi connectivity index (χ0) is 13.4. The summed E-state index contributed by atoms with van der Waals surface area (Å²) in [5.74, 6) is -2.67. The molecule has 1 unspecified atom stereocenters. The second kappa shape index (κ2) is 4.48. The van der Waals surface area contributed by atoms with Gasteiger partial charge in [0.2, 0.25) is 0 Å². The predicted molar refractivity (Wildman–Crippen MR) is 65.1 cm³/mol. The topological polar surface area (TPSA) is 79.5 Å². The van der Waals surface area contributed by atoms with E-state index in [0.717, 1.165) is 18.5 Å². The quantitative estimate of drug-likeness (QED) is 0.844. The molecule has 5 nitrogen and oxygen atoms in total. The first-order chi connectivity index (χ1) is 8.45. The van der Waals surface area contributed by atoms with Crippen molar-refractivity contribution in [2.45, 2.75) is 45.6 Å². The molecule has 1 aliphatic rings. The van der Waals surface area contributed by atoms with Crippen molar-refractivity contribution in [1.82, 2.24) is 4.57 Å². The van der Waals surface area contributed by atoms with Crippen LogP contribution in [0.3, 0.4) is 0 Å². The molecule has 1 aliphatic heterocycles. The Labute approximate surface area is 105 Å². The molecule has 0 spiro atoms. The Kier molecular flexibility index (Phi) is 3.15. The highest BCUT2D eigenvalue weighted by Gasteiger charge is 2.33. The van der Waals surface area contributed by atoms with Crippen LogP contribution in [0.25, 0.3) is 0 Å². The molecule has 0 saturated heterocycles. The average molecular weight is 251 g/mol. The van der Waals surface area contributed by atoms with Crippen molar-refractivity contribution in [2.24, 2.45) is 0 Å². The third-order valence-electron chi connectivity index (χ3n) is 3.84. The van der Waals surface area contributed by atoms with Gasteiger partial charge in [0.25, 0.3) is 0 Å². The van der Waals surface area contributed by atoms with Gasteiger partial charge in [-0.05, 0) is 32.3 Å². The zero-order valence-corrected chi connectivity index (χ0v) is 10.6. The monoisotopic (exact) mass is 251 g/mol. The first-order valence-electron chi connectivity index (χ1n) is 6.10. The summed E-state index contributed by atoms with van der Waals surface area (Å²) in [7, 11) is 0. The average Bonchev–Trinajstić information content (AvgIpc) is 2.48. The van der Waals surface area contributed by atoms with Gasteiger partial charge in [-0.25, -0.2) is 4.79 Å². The summed E-state index contributed by atoms with van der Waals surface area (Å²) >= 11 is 0. The lowest BCUT2D eigenvalue weighted by atomic mass is 9.95. The molecule has 2 rings (SSSR count). The Morgan fingerprint density at radius 2 is 1.89 bits per heavy atom. The Balaban J connectivity index is 2.71. The lowest BCUT2D eigenvalue weighted by molar-refractivity contribution is -0.139. The molecule has 1 atom stereocenters. The molecule has 1 aromatic heterocycles. The molecule has 18 heavy (non-hydrogen) atoms. The van der Waals surface area contributed by atoms with Gasteiger partial charge < -0.3 is 14.8 Å². The first kappa shape index (κ1) is 12.7. The van der Waals surface area contributed by atoms with Gasteiger partial charge in [0.15, 0.2) is 0 Å². The fraction of sp³-hybridized carbons (Fsp3) is 0.538. The van der Waals surface area contributed by atoms with Crippen LogP contribution in [0.2, 0.25) is 0 Å². The van der Waals surface area contributed by atoms with E-state index in [4.69, 9.17) is 0 Å². The summed E-state index contributed by atoms with van der Waals surface area (Å²) in [5.41, 5.74) is 2.21. The maximum atomic E-state index is 11.4. The SMILES string of the molecule is Cc1c(C(=O)O)c2n(c1C)CCCCC2C(=O)O. The number of aliphatic carboxylic acids is 1. The molecular weight excluding hydrogens is 234 g/mol. The van der Waals surface area contributed by atoms with E-state index < -0.39 is 17.9 Å². The third-order valence-corrected chi connectivity index (χ3v) is 3.84. The number of rotatable bonds is 2. The maximum absolute atomic E-state index is 11.4. The number of hydrogen-bond acceptors (Lipinski definition) is 2. The summed E-state index contributed by atoms with van der Waals surface area (Å²) in [6.07, 6.45) is 2.22. The van der Waals surface area contributed by atoms with E-state index >= 15 is 0 Å². The normalized spacial score (nSPS) is 19.1. The van der Waals surface area contributed by atoms with Crippen molar-refractivity contribution in [3.63, 3.8) is 0 Å². The summed E-state index contributed by atoms with van der Waals surface area (Å²) < 4.78 is 1.88. The smallest absolute Gasteiger partial charge is 0.337 e. The lowest BCUT2D eigenvalue weighted by Crippen LogP contribution is -2.17. The zero-order valence-electron chi connectivity index (χ0n) is 10.6. The summed E-state index contributed by atoms with van der Waals surface area (Å²) in [5, 5.41) is 18.6. The van der Waals surface area contributed by atoms with E-state index in [0.29, 0.717) is 24.2 Å². The van der Waals surface area contributed by atoms with E-state index in [9.17, 15) is 19.8 Å². The van der Waals surface area contributed by atoms with Crippen LogP contribution < -0.4 is 0 Å². The highest BCUT2D eigenvalue weighted by Crippen LogP contribution is 2.34. The number of aromatic carboxylic acids is 1. The predicted octanol–water partition coefficient (Wildman–Crippen LogP) is 2.16. The molecule has 0 saturated carbocycles. The number of fused-ring (bicyclic) bond motifs is 1. The fourth-order valence-corrected chi connectivity index (χ4v) is 2.81. The molecule has 98 valence electrons. The molecule has 0 radical (unpaired) electrons. The minimum atomic E-state index is -1.03. The van der Waals surface area contributed by atoms with Crippen LogP contribution >= 0.6 is 0 Å². The highest BCUT2D eigenvalue weighted by molar-refractivity contribution is 5.93. The van der Waals surface area contributed by atoms with Gasteiger partial charge in [0, 0.05) is 17.9 Å². The van der Waals surface area contributed by atoms with Gasteiger partial charge in [-0.3, -0.25) is 4.79 Å². The summed E-state index contributed by atoms with van der Waals surface area (Å²) in [6.45, 7) is 4.31. The highest BCUT2D eigenvalue weighted by atomic mass is 16.4. The van der Waals surface area contributed by atoms with Crippen LogP contribution in [0.15, 0.2) is 0 Å². The van der Waals surface area contributed by atoms with E-state index in [1.54, 1.807) is 6.92 Å². The van der Waals surface area contributed by atoms with Crippen molar-refractivity contribution in [2.75, 3.05) is 0 Å². The van der Waals surface area contributed by atoms with Gasteiger partial charge >= 0.3 is 11.9 Å². The fourth-order valence-electron chi connectivity index (χ4n) is 2.81. The minimum absolute atomic E-state index is 0.182. The number of carboxylic acid groups (broad SMARTS) is 2. The molecular formula is C13H17NO4. The van der Waals surface area contributed by atoms with Gasteiger partial charge in [-0.15, -0.1) is 0 Å². The van der Waals surface area contributed by atoms with Crippen molar-refractivity contribution >= 4 is 11.9 Å². The van der Waals surface area contributed by atoms with Crippen LogP contribution in [0.1, 0.15) is 52.5 Å². The lowest BCUT2D eigenvalue weighted by Gasteiger charge is -2.13. The molecule has 2 heterocycles. The molecule has 0 aromatic carbocycles. The van der Waals surface area contributed by atoms with Gasteiger partial charge in [0.05, 0.1) is 11.5 Å². The van der Waals surface area contributed by atoms with Crippen molar-refractivity contribution in [1.29, 1.82) is 0 Å². The Morgan fingerprint density at radius 3 is 2.44 bits per heavy atom. The van der Waals surface area contributed by atoms with Gasteiger partial charge in [-0.1, -0.05) is 6.42 Å². The minimum Gasteiger partial charge on any atom is -0.481 e. The number of carboxylic acids is 2. The third kappa shape index (κ3) is 1.79. The van der Waals surface area contributed by atoms with E-state index in [-0.39, 0.29) is 5.56 Å². The van der Waals surface area contributed by atoms with E-state index in [2.05, 4.69) is 0 Å². The molecule has 1 aromatic rings. The molecule has 2 N–H and O–H groups in total. The molecule has 0 fully saturated rings. The Morgan fingerprint density at radius 1 is 1.22 bits per heavy atom. The summed E-state index contributed by atoms with van der Waals surface area (Å²) in [4.78, 5) is 22.7. The van der Waals surface area contributed by atoms with Crippen LogP contribution in [0, 0.1) is 13.8 Å². The Hall–Kier alpha value is -1.78. The van der Waals surface area contributed by atoms with Crippen LogP contribution in [-0.2, 0) is 11.3 Å². The standard InChI is InChI=1S/C13H17NO4/c1-7-8(2)14-6-4-3-5-9(12(15)16)11(14)10(7)13(17)18/h9H,3-6H2,1-2H3,(H,15,16)(H,17,18). The largest absolute Gasteiger partial charge is 0.481 e. The van der Waals surface area contributed by atoms with Crippen LogP contribution in [-0.4, -0.2) is 26.7 Å². The molecule has 0 aliphatic carbocycles. The maximum Gasteiger partial charge on any atom is 0.337 e. The number of nitrogens with zero attached hydrogens (tertiary/aromatic N) is 1. The van der Waals surface area contributed by atoms with Crippen molar-refractivity contribution < 1.29 is 19.8 Å². The molecule has 0 bridgehead atoms. The second-order valence-electron chi connectivity index (χ2n) is 4.81. The number of hydrogen-bond donors (Lipinski definition) is 2. The van der Waals surface area contributed by atoms with Gasteiger partial charge in [-0.2, -0.15) is 0 Å². The Bertz CT molecular complexity index is 516. The first-order valence-corrected chi connectivity index (χ1v) is 6.10.